The van der Waals surface area contributed by atoms with Crippen molar-refractivity contribution in [1.82, 2.24) is 24.5 Å². The lowest BCUT2D eigenvalue weighted by molar-refractivity contribution is 0.268. The van der Waals surface area contributed by atoms with Crippen LogP contribution in [0.3, 0.4) is 0 Å². The van der Waals surface area contributed by atoms with E-state index in [1.54, 1.807) is 0 Å². The Morgan fingerprint density at radius 2 is 2.00 bits per heavy atom. The number of aryl methyl sites for hydroxylation is 1. The van der Waals surface area contributed by atoms with Crippen LogP contribution in [0.1, 0.15) is 39.4 Å². The zero-order valence-corrected chi connectivity index (χ0v) is 17.8. The molecule has 2 rings (SSSR count). The second kappa shape index (κ2) is 10.7. The number of anilines is 1. The molecule has 148 valence electrons. The minimum atomic E-state index is 0.619. The van der Waals surface area contributed by atoms with Gasteiger partial charge >= 0.3 is 0 Å². The Labute approximate surface area is 162 Å². The van der Waals surface area contributed by atoms with Gasteiger partial charge in [0.15, 0.2) is 5.96 Å². The number of nitrogens with zero attached hydrogens (tertiary/aromatic N) is 6. The van der Waals surface area contributed by atoms with E-state index in [2.05, 4.69) is 62.2 Å². The molecule has 8 heteroatoms. The van der Waals surface area contributed by atoms with Crippen LogP contribution in [0, 0.1) is 0 Å². The van der Waals surface area contributed by atoms with Gasteiger partial charge < -0.3 is 20.0 Å². The van der Waals surface area contributed by atoms with E-state index in [1.807, 2.05) is 7.05 Å². The summed E-state index contributed by atoms with van der Waals surface area (Å²) in [5.74, 6) is 1.97. The summed E-state index contributed by atoms with van der Waals surface area (Å²) in [4.78, 5) is 16.1. The van der Waals surface area contributed by atoms with Gasteiger partial charge in [-0.15, -0.1) is 0 Å². The fourth-order valence-corrected chi connectivity index (χ4v) is 3.70. The van der Waals surface area contributed by atoms with E-state index in [-0.39, 0.29) is 0 Å². The van der Waals surface area contributed by atoms with E-state index in [0.29, 0.717) is 6.04 Å². The first-order valence-corrected chi connectivity index (χ1v) is 10.6. The van der Waals surface area contributed by atoms with Crippen molar-refractivity contribution < 1.29 is 0 Å². The molecule has 7 nitrogen and oxygen atoms in total. The monoisotopic (exact) mass is 381 g/mol. The van der Waals surface area contributed by atoms with Gasteiger partial charge in [0.1, 0.15) is 5.82 Å². The number of rotatable bonds is 8. The van der Waals surface area contributed by atoms with Gasteiger partial charge in [-0.05, 0) is 40.3 Å². The standard InChI is InChI=1S/C18H35N7S/c1-6-16-21-18(26-22-16)25-13-11-24(12-14-25)17(19-4)20-9-7-8-10-23(5)15(2)3/h15H,6-14H2,1-5H3,(H,19,20). The van der Waals surface area contributed by atoms with Crippen LogP contribution in [-0.2, 0) is 6.42 Å². The van der Waals surface area contributed by atoms with Crippen molar-refractivity contribution in [3.05, 3.63) is 5.82 Å². The summed E-state index contributed by atoms with van der Waals surface area (Å²) in [7, 11) is 4.07. The Bertz CT molecular complexity index is 549. The predicted octanol–water partition coefficient (Wildman–Crippen LogP) is 1.92. The summed E-state index contributed by atoms with van der Waals surface area (Å²) in [6, 6.07) is 0.619. The number of nitrogens with one attached hydrogen (secondary N) is 1. The van der Waals surface area contributed by atoms with E-state index < -0.39 is 0 Å². The number of guanidine groups is 1. The Kier molecular flexibility index (Phi) is 8.58. The third-order valence-corrected chi connectivity index (χ3v) is 5.75. The van der Waals surface area contributed by atoms with Crippen molar-refractivity contribution in [3.8, 4) is 0 Å². The highest BCUT2D eigenvalue weighted by molar-refractivity contribution is 7.09. The minimum Gasteiger partial charge on any atom is -0.356 e. The number of hydrogen-bond donors (Lipinski definition) is 1. The van der Waals surface area contributed by atoms with Crippen molar-refractivity contribution in [1.29, 1.82) is 0 Å². The van der Waals surface area contributed by atoms with Crippen molar-refractivity contribution in [2.45, 2.75) is 46.1 Å². The lowest BCUT2D eigenvalue weighted by Gasteiger charge is -2.36. The predicted molar refractivity (Wildman–Crippen MR) is 111 cm³/mol. The average Bonchev–Trinajstić information content (AvgIpc) is 3.14. The van der Waals surface area contributed by atoms with E-state index >= 15 is 0 Å². The number of piperazine rings is 1. The number of aliphatic imine (C=N–C) groups is 1. The van der Waals surface area contributed by atoms with Gasteiger partial charge in [0.25, 0.3) is 0 Å². The first-order chi connectivity index (χ1) is 12.5. The largest absolute Gasteiger partial charge is 0.356 e. The van der Waals surface area contributed by atoms with Crippen molar-refractivity contribution in [3.63, 3.8) is 0 Å². The molecule has 0 saturated carbocycles. The van der Waals surface area contributed by atoms with Gasteiger partial charge in [-0.3, -0.25) is 4.99 Å². The fraction of sp³-hybridized carbons (Fsp3) is 0.833. The number of unbranched alkanes of at least 4 members (excludes halogenated alkanes) is 1. The van der Waals surface area contributed by atoms with Gasteiger partial charge in [0.05, 0.1) is 0 Å². The maximum atomic E-state index is 4.60. The fourth-order valence-electron chi connectivity index (χ4n) is 2.90. The molecule has 1 N–H and O–H groups in total. The first kappa shape index (κ1) is 20.9. The molecule has 1 aromatic rings. The maximum Gasteiger partial charge on any atom is 0.205 e. The van der Waals surface area contributed by atoms with E-state index in [4.69, 9.17) is 0 Å². The number of aromatic nitrogens is 2. The molecule has 0 spiro atoms. The Hall–Kier alpha value is -1.41. The molecule has 0 amide bonds. The third-order valence-electron chi connectivity index (χ3n) is 4.94. The normalized spacial score (nSPS) is 16.0. The minimum absolute atomic E-state index is 0.619. The SMILES string of the molecule is CCc1nsc(N2CCN(C(=NC)NCCCCN(C)C(C)C)CC2)n1. The van der Waals surface area contributed by atoms with Crippen molar-refractivity contribution >= 4 is 22.6 Å². The molecule has 1 saturated heterocycles. The summed E-state index contributed by atoms with van der Waals surface area (Å²) >= 11 is 1.52. The molecule has 1 aliphatic rings. The smallest absolute Gasteiger partial charge is 0.205 e. The highest BCUT2D eigenvalue weighted by atomic mass is 32.1. The molecule has 1 fully saturated rings. The van der Waals surface area contributed by atoms with Gasteiger partial charge in [-0.25, -0.2) is 4.98 Å². The van der Waals surface area contributed by atoms with Crippen LogP contribution in [0.25, 0.3) is 0 Å². The summed E-state index contributed by atoms with van der Waals surface area (Å²) in [5, 5.41) is 4.58. The molecule has 0 bridgehead atoms. The lowest BCUT2D eigenvalue weighted by Crippen LogP contribution is -2.52. The maximum absolute atomic E-state index is 4.60. The highest BCUT2D eigenvalue weighted by Gasteiger charge is 2.21. The van der Waals surface area contributed by atoms with Crippen LogP contribution in [0.5, 0.6) is 0 Å². The Balaban J connectivity index is 1.69. The molecule has 0 unspecified atom stereocenters. The van der Waals surface area contributed by atoms with E-state index in [0.717, 1.165) is 62.6 Å². The topological polar surface area (TPSA) is 59.9 Å². The molecule has 0 atom stereocenters. The molecule has 0 radical (unpaired) electrons. The Morgan fingerprint density at radius 3 is 2.58 bits per heavy atom. The van der Waals surface area contributed by atoms with Gasteiger partial charge in [-0.2, -0.15) is 4.37 Å². The van der Waals surface area contributed by atoms with Crippen LogP contribution >= 0.6 is 11.5 Å². The molecule has 1 aliphatic heterocycles. The molecular formula is C18H35N7S. The molecule has 0 aromatic carbocycles. The average molecular weight is 382 g/mol. The van der Waals surface area contributed by atoms with E-state index in [9.17, 15) is 0 Å². The van der Waals surface area contributed by atoms with Gasteiger partial charge in [0.2, 0.25) is 5.13 Å². The summed E-state index contributed by atoms with van der Waals surface area (Å²) in [5.41, 5.74) is 0. The Morgan fingerprint density at radius 1 is 1.27 bits per heavy atom. The van der Waals surface area contributed by atoms with Crippen LogP contribution < -0.4 is 10.2 Å². The summed E-state index contributed by atoms with van der Waals surface area (Å²) in [6.45, 7) is 12.6. The van der Waals surface area contributed by atoms with Crippen LogP contribution in [0.2, 0.25) is 0 Å². The summed E-state index contributed by atoms with van der Waals surface area (Å²) < 4.78 is 4.40. The molecule has 26 heavy (non-hydrogen) atoms. The molecule has 2 heterocycles. The summed E-state index contributed by atoms with van der Waals surface area (Å²) in [6.07, 6.45) is 3.28. The molecule has 0 aliphatic carbocycles. The zero-order chi connectivity index (χ0) is 18.9. The van der Waals surface area contributed by atoms with Crippen LogP contribution in [0.15, 0.2) is 4.99 Å². The zero-order valence-electron chi connectivity index (χ0n) is 17.0. The van der Waals surface area contributed by atoms with Gasteiger partial charge in [0, 0.05) is 63.8 Å². The first-order valence-electron chi connectivity index (χ1n) is 9.78. The second-order valence-corrected chi connectivity index (χ2v) is 7.81. The van der Waals surface area contributed by atoms with Crippen LogP contribution in [-0.4, -0.2) is 84.5 Å². The highest BCUT2D eigenvalue weighted by Crippen LogP contribution is 2.19. The van der Waals surface area contributed by atoms with Crippen molar-refractivity contribution in [2.75, 3.05) is 58.3 Å². The van der Waals surface area contributed by atoms with Gasteiger partial charge in [-0.1, -0.05) is 6.92 Å². The quantitative estimate of drug-likeness (QED) is 0.422. The second-order valence-electron chi connectivity index (χ2n) is 7.08. The van der Waals surface area contributed by atoms with E-state index in [1.165, 1.54) is 24.4 Å². The van der Waals surface area contributed by atoms with Crippen LogP contribution in [0.4, 0.5) is 5.13 Å². The molecule has 1 aromatic heterocycles. The number of hydrogen-bond acceptors (Lipinski definition) is 6. The lowest BCUT2D eigenvalue weighted by atomic mass is 10.2. The van der Waals surface area contributed by atoms with Crippen molar-refractivity contribution in [2.24, 2.45) is 4.99 Å². The molecular weight excluding hydrogens is 346 g/mol. The third kappa shape index (κ3) is 6.09.